The van der Waals surface area contributed by atoms with Crippen molar-refractivity contribution in [2.75, 3.05) is 13.2 Å². The van der Waals surface area contributed by atoms with Crippen LogP contribution >= 0.6 is 15.9 Å². The van der Waals surface area contributed by atoms with Gasteiger partial charge in [0.1, 0.15) is 11.8 Å². The van der Waals surface area contributed by atoms with Crippen molar-refractivity contribution in [3.8, 4) is 5.75 Å². The molecule has 0 saturated heterocycles. The Labute approximate surface area is 181 Å². The Morgan fingerprint density at radius 2 is 1.79 bits per heavy atom. The molecule has 2 amide bonds. The summed E-state index contributed by atoms with van der Waals surface area (Å²) in [6.07, 6.45) is 0. The predicted octanol–water partition coefficient (Wildman–Crippen LogP) is 4.50. The van der Waals surface area contributed by atoms with Gasteiger partial charge in [-0.25, -0.2) is 0 Å². The number of amides is 2. The van der Waals surface area contributed by atoms with Crippen molar-refractivity contribution in [2.24, 2.45) is 0 Å². The molecule has 2 aromatic rings. The molecule has 0 aromatic heterocycles. The molecule has 0 heterocycles. The average Bonchev–Trinajstić information content (AvgIpc) is 2.71. The summed E-state index contributed by atoms with van der Waals surface area (Å²) in [5, 5.41) is 2.78. The maximum atomic E-state index is 13.0. The minimum Gasteiger partial charge on any atom is -0.483 e. The van der Waals surface area contributed by atoms with E-state index < -0.39 is 6.04 Å². The summed E-state index contributed by atoms with van der Waals surface area (Å²) in [7, 11) is 0. The SMILES string of the molecule is CCNC(=O)[C@@H](C)N(Cc1ccccc1)C(=O)COc1ccc(C(C)C)cc1Br. The number of hydrogen-bond donors (Lipinski definition) is 1. The number of halogens is 1. The maximum Gasteiger partial charge on any atom is 0.261 e. The van der Waals surface area contributed by atoms with Crippen LogP contribution in [0.25, 0.3) is 0 Å². The van der Waals surface area contributed by atoms with Gasteiger partial charge >= 0.3 is 0 Å². The van der Waals surface area contributed by atoms with E-state index in [4.69, 9.17) is 4.74 Å². The van der Waals surface area contributed by atoms with E-state index in [-0.39, 0.29) is 18.4 Å². The van der Waals surface area contributed by atoms with Gasteiger partial charge in [0.25, 0.3) is 5.91 Å². The van der Waals surface area contributed by atoms with E-state index in [1.165, 1.54) is 5.56 Å². The standard InChI is InChI=1S/C23H29BrN2O3/c1-5-25-23(28)17(4)26(14-18-9-7-6-8-10-18)22(27)15-29-21-12-11-19(16(2)3)13-20(21)24/h6-13,16-17H,5,14-15H2,1-4H3,(H,25,28)/t17-/m1/s1. The Morgan fingerprint density at radius 1 is 1.10 bits per heavy atom. The van der Waals surface area contributed by atoms with Gasteiger partial charge in [-0.2, -0.15) is 0 Å². The average molecular weight is 461 g/mol. The Bertz CT molecular complexity index is 824. The van der Waals surface area contributed by atoms with Gasteiger partial charge < -0.3 is 15.0 Å². The van der Waals surface area contributed by atoms with E-state index in [1.54, 1.807) is 11.8 Å². The lowest BCUT2D eigenvalue weighted by molar-refractivity contribution is -0.142. The molecule has 2 rings (SSSR count). The fourth-order valence-corrected chi connectivity index (χ4v) is 3.41. The van der Waals surface area contributed by atoms with Crippen molar-refractivity contribution < 1.29 is 14.3 Å². The van der Waals surface area contributed by atoms with Gasteiger partial charge in [-0.3, -0.25) is 9.59 Å². The molecule has 1 N–H and O–H groups in total. The molecule has 29 heavy (non-hydrogen) atoms. The Morgan fingerprint density at radius 3 is 2.38 bits per heavy atom. The largest absolute Gasteiger partial charge is 0.483 e. The van der Waals surface area contributed by atoms with Crippen LogP contribution in [0.2, 0.25) is 0 Å². The van der Waals surface area contributed by atoms with Gasteiger partial charge in [-0.15, -0.1) is 0 Å². The third-order valence-corrected chi connectivity index (χ3v) is 5.31. The highest BCUT2D eigenvalue weighted by Crippen LogP contribution is 2.29. The highest BCUT2D eigenvalue weighted by molar-refractivity contribution is 9.10. The molecule has 0 aliphatic rings. The van der Waals surface area contributed by atoms with E-state index in [1.807, 2.05) is 55.5 Å². The van der Waals surface area contributed by atoms with Crippen LogP contribution in [0.5, 0.6) is 5.75 Å². The van der Waals surface area contributed by atoms with Gasteiger partial charge in [-0.05, 0) is 59.0 Å². The lowest BCUT2D eigenvalue weighted by atomic mass is 10.0. The molecule has 6 heteroatoms. The Hall–Kier alpha value is -2.34. The van der Waals surface area contributed by atoms with Crippen LogP contribution in [0.15, 0.2) is 53.0 Å². The van der Waals surface area contributed by atoms with Crippen molar-refractivity contribution in [1.82, 2.24) is 10.2 Å². The number of nitrogens with zero attached hydrogens (tertiary/aromatic N) is 1. The maximum absolute atomic E-state index is 13.0. The van der Waals surface area contributed by atoms with Gasteiger partial charge in [0.05, 0.1) is 4.47 Å². The van der Waals surface area contributed by atoms with Crippen molar-refractivity contribution in [2.45, 2.75) is 46.2 Å². The molecule has 0 fully saturated rings. The van der Waals surface area contributed by atoms with Crippen LogP contribution in [0.4, 0.5) is 0 Å². The molecule has 0 radical (unpaired) electrons. The number of likely N-dealkylation sites (N-methyl/N-ethyl adjacent to an activating group) is 1. The van der Waals surface area contributed by atoms with Crippen LogP contribution < -0.4 is 10.1 Å². The second-order valence-electron chi connectivity index (χ2n) is 7.21. The Balaban J connectivity index is 2.13. The van der Waals surface area contributed by atoms with Crippen molar-refractivity contribution >= 4 is 27.7 Å². The fourth-order valence-electron chi connectivity index (χ4n) is 2.90. The first-order chi connectivity index (χ1) is 13.8. The van der Waals surface area contributed by atoms with Crippen LogP contribution in [0, 0.1) is 0 Å². The molecule has 0 unspecified atom stereocenters. The van der Waals surface area contributed by atoms with E-state index >= 15 is 0 Å². The molecule has 5 nitrogen and oxygen atoms in total. The third-order valence-electron chi connectivity index (χ3n) is 4.69. The fraction of sp³-hybridized carbons (Fsp3) is 0.391. The topological polar surface area (TPSA) is 58.6 Å². The third kappa shape index (κ3) is 6.60. The van der Waals surface area contributed by atoms with Gasteiger partial charge in [0, 0.05) is 13.1 Å². The minimum absolute atomic E-state index is 0.143. The molecule has 156 valence electrons. The number of nitrogens with one attached hydrogen (secondary N) is 1. The molecule has 0 bridgehead atoms. The van der Waals surface area contributed by atoms with E-state index in [0.717, 1.165) is 10.0 Å². The molecule has 0 saturated carbocycles. The zero-order valence-corrected chi connectivity index (χ0v) is 19.0. The van der Waals surface area contributed by atoms with E-state index in [9.17, 15) is 9.59 Å². The summed E-state index contributed by atoms with van der Waals surface area (Å²) in [5.41, 5.74) is 2.14. The summed E-state index contributed by atoms with van der Waals surface area (Å²) in [4.78, 5) is 26.9. The quantitative estimate of drug-likeness (QED) is 0.598. The number of rotatable bonds is 9. The summed E-state index contributed by atoms with van der Waals surface area (Å²) < 4.78 is 6.58. The monoisotopic (exact) mass is 460 g/mol. The molecule has 2 aromatic carbocycles. The summed E-state index contributed by atoms with van der Waals surface area (Å²) >= 11 is 3.52. The highest BCUT2D eigenvalue weighted by atomic mass is 79.9. The van der Waals surface area contributed by atoms with Crippen LogP contribution in [-0.2, 0) is 16.1 Å². The van der Waals surface area contributed by atoms with Gasteiger partial charge in [0.2, 0.25) is 5.91 Å². The van der Waals surface area contributed by atoms with Crippen molar-refractivity contribution in [3.05, 3.63) is 64.1 Å². The van der Waals surface area contributed by atoms with E-state index in [0.29, 0.717) is 24.8 Å². The molecular formula is C23H29BrN2O3. The first-order valence-electron chi connectivity index (χ1n) is 9.86. The highest BCUT2D eigenvalue weighted by Gasteiger charge is 2.26. The molecule has 0 spiro atoms. The summed E-state index contributed by atoms with van der Waals surface area (Å²) in [5.74, 6) is 0.584. The number of carbonyl (C=O) groups excluding carboxylic acids is 2. The number of hydrogen-bond acceptors (Lipinski definition) is 3. The van der Waals surface area contributed by atoms with Crippen LogP contribution in [0.3, 0.4) is 0 Å². The number of ether oxygens (including phenoxy) is 1. The number of carbonyl (C=O) groups is 2. The lowest BCUT2D eigenvalue weighted by Crippen LogP contribution is -2.49. The normalized spacial score (nSPS) is 11.8. The number of benzene rings is 2. The van der Waals surface area contributed by atoms with E-state index in [2.05, 4.69) is 35.1 Å². The van der Waals surface area contributed by atoms with Crippen LogP contribution in [-0.4, -0.2) is 35.9 Å². The van der Waals surface area contributed by atoms with Gasteiger partial charge in [0.15, 0.2) is 6.61 Å². The Kier molecular flexibility index (Phi) is 8.70. The van der Waals surface area contributed by atoms with Crippen molar-refractivity contribution in [3.63, 3.8) is 0 Å². The van der Waals surface area contributed by atoms with Crippen LogP contribution in [0.1, 0.15) is 44.7 Å². The molecule has 1 atom stereocenters. The lowest BCUT2D eigenvalue weighted by Gasteiger charge is -2.28. The smallest absolute Gasteiger partial charge is 0.261 e. The second-order valence-corrected chi connectivity index (χ2v) is 8.07. The predicted molar refractivity (Wildman–Crippen MR) is 119 cm³/mol. The van der Waals surface area contributed by atoms with Crippen molar-refractivity contribution in [1.29, 1.82) is 0 Å². The zero-order valence-electron chi connectivity index (χ0n) is 17.4. The first-order valence-corrected chi connectivity index (χ1v) is 10.7. The van der Waals surface area contributed by atoms with Gasteiger partial charge in [-0.1, -0.05) is 50.2 Å². The summed E-state index contributed by atoms with van der Waals surface area (Å²) in [6, 6.07) is 14.9. The zero-order chi connectivity index (χ0) is 21.4. The minimum atomic E-state index is -0.599. The molecular weight excluding hydrogens is 432 g/mol. The first kappa shape index (κ1) is 22.9. The molecule has 0 aliphatic heterocycles. The summed E-state index contributed by atoms with van der Waals surface area (Å²) in [6.45, 7) is 8.55. The molecule has 0 aliphatic carbocycles. The second kappa shape index (κ2) is 11.0.